The van der Waals surface area contributed by atoms with Crippen LogP contribution in [0.4, 0.5) is 0 Å². The van der Waals surface area contributed by atoms with Crippen LogP contribution in [-0.2, 0) is 31.5 Å². The first kappa shape index (κ1) is 24.4. The van der Waals surface area contributed by atoms with E-state index in [-0.39, 0.29) is 9.79 Å². The molecule has 2 N–H and O–H groups in total. The van der Waals surface area contributed by atoms with Gasteiger partial charge in [-0.2, -0.15) is 0 Å². The molecule has 156 valence electrons. The summed E-state index contributed by atoms with van der Waals surface area (Å²) in [5, 5.41) is 0.674. The van der Waals surface area contributed by atoms with Gasteiger partial charge in [-0.15, -0.1) is 0 Å². The van der Waals surface area contributed by atoms with Crippen LogP contribution < -0.4 is 15.2 Å². The predicted octanol–water partition coefficient (Wildman–Crippen LogP) is 2.55. The largest absolute Gasteiger partial charge is 0.495 e. The van der Waals surface area contributed by atoms with E-state index in [0.29, 0.717) is 23.4 Å². The van der Waals surface area contributed by atoms with Crippen LogP contribution in [0.2, 0.25) is 0 Å². The molecule has 0 fully saturated rings. The predicted molar refractivity (Wildman–Crippen MR) is 113 cm³/mol. The lowest BCUT2D eigenvalue weighted by Gasteiger charge is -2.07. The molecule has 28 heavy (non-hydrogen) atoms. The smallest absolute Gasteiger partial charge is 0.179 e. The van der Waals surface area contributed by atoms with Crippen molar-refractivity contribution in [3.8, 4) is 11.5 Å². The molecule has 0 aliphatic heterocycles. The van der Waals surface area contributed by atoms with Crippen molar-refractivity contribution in [3.63, 3.8) is 0 Å². The Morgan fingerprint density at radius 2 is 1.21 bits per heavy atom. The molecular formula is C18H24BrNO6S2. The monoisotopic (exact) mass is 493 g/mol. The summed E-state index contributed by atoms with van der Waals surface area (Å²) in [6, 6.07) is 9.86. The summed E-state index contributed by atoms with van der Waals surface area (Å²) in [4.78, 5) is 0.418. The zero-order valence-electron chi connectivity index (χ0n) is 16.1. The van der Waals surface area contributed by atoms with Gasteiger partial charge in [0.2, 0.25) is 0 Å². The van der Waals surface area contributed by atoms with Crippen LogP contribution in [0.15, 0.2) is 46.2 Å². The van der Waals surface area contributed by atoms with Crippen LogP contribution >= 0.6 is 15.9 Å². The van der Waals surface area contributed by atoms with Crippen molar-refractivity contribution in [1.29, 1.82) is 0 Å². The third-order valence-corrected chi connectivity index (χ3v) is 6.56. The summed E-state index contributed by atoms with van der Waals surface area (Å²) in [6.07, 6.45) is 2.31. The van der Waals surface area contributed by atoms with Crippen molar-refractivity contribution in [2.24, 2.45) is 5.73 Å². The molecule has 0 unspecified atom stereocenters. The Labute approximate surface area is 174 Å². The van der Waals surface area contributed by atoms with Crippen LogP contribution in [0, 0.1) is 0 Å². The van der Waals surface area contributed by atoms with E-state index in [0.717, 1.165) is 17.4 Å². The van der Waals surface area contributed by atoms with Gasteiger partial charge in [0.25, 0.3) is 0 Å². The molecular weight excluding hydrogens is 470 g/mol. The Hall–Kier alpha value is -1.62. The fourth-order valence-electron chi connectivity index (χ4n) is 2.25. The summed E-state index contributed by atoms with van der Waals surface area (Å²) < 4.78 is 55.2. The van der Waals surface area contributed by atoms with E-state index in [9.17, 15) is 16.8 Å². The Balaban J connectivity index is 0.000000280. The quantitative estimate of drug-likeness (QED) is 0.614. The van der Waals surface area contributed by atoms with Crippen LogP contribution in [0.5, 0.6) is 11.5 Å². The summed E-state index contributed by atoms with van der Waals surface area (Å²) >= 11 is 3.29. The zero-order chi connectivity index (χ0) is 21.5. The summed E-state index contributed by atoms with van der Waals surface area (Å²) in [7, 11) is -3.55. The number of hydrogen-bond acceptors (Lipinski definition) is 7. The highest BCUT2D eigenvalue weighted by Crippen LogP contribution is 2.26. The van der Waals surface area contributed by atoms with Crippen molar-refractivity contribution in [2.75, 3.05) is 26.7 Å². The molecule has 0 heterocycles. The maximum atomic E-state index is 11.3. The average Bonchev–Trinajstić information content (AvgIpc) is 2.65. The molecule has 0 amide bonds. The first-order valence-electron chi connectivity index (χ1n) is 7.97. The van der Waals surface area contributed by atoms with Crippen molar-refractivity contribution in [1.82, 2.24) is 0 Å². The van der Waals surface area contributed by atoms with Crippen molar-refractivity contribution in [3.05, 3.63) is 47.5 Å². The van der Waals surface area contributed by atoms with Gasteiger partial charge < -0.3 is 15.2 Å². The lowest BCUT2D eigenvalue weighted by atomic mass is 10.2. The molecule has 2 aromatic carbocycles. The maximum absolute atomic E-state index is 11.3. The molecule has 0 aliphatic carbocycles. The number of alkyl halides is 1. The fraction of sp³-hybridized carbons (Fsp3) is 0.333. The van der Waals surface area contributed by atoms with E-state index < -0.39 is 19.7 Å². The number of nitrogens with two attached hydrogens (primary N) is 1. The van der Waals surface area contributed by atoms with Gasteiger partial charge in [-0.05, 0) is 35.4 Å². The topological polar surface area (TPSA) is 113 Å². The average molecular weight is 494 g/mol. The van der Waals surface area contributed by atoms with Crippen LogP contribution in [0.1, 0.15) is 11.1 Å². The maximum Gasteiger partial charge on any atom is 0.179 e. The number of rotatable bonds is 6. The number of hydrogen-bond donors (Lipinski definition) is 1. The zero-order valence-corrected chi connectivity index (χ0v) is 19.3. The summed E-state index contributed by atoms with van der Waals surface area (Å²) in [5.74, 6) is 0.736. The van der Waals surface area contributed by atoms with Crippen LogP contribution in [0.25, 0.3) is 0 Å². The summed E-state index contributed by atoms with van der Waals surface area (Å²) in [6.45, 7) is 0.362. The van der Waals surface area contributed by atoms with Crippen molar-refractivity contribution < 1.29 is 26.3 Å². The molecule has 0 bridgehead atoms. The highest BCUT2D eigenvalue weighted by atomic mass is 79.9. The minimum atomic E-state index is -3.24. The molecule has 0 aromatic heterocycles. The first-order valence-corrected chi connectivity index (χ1v) is 12.9. The van der Waals surface area contributed by atoms with E-state index in [1.165, 1.54) is 26.5 Å². The van der Waals surface area contributed by atoms with Crippen LogP contribution in [0.3, 0.4) is 0 Å². The highest BCUT2D eigenvalue weighted by Gasteiger charge is 2.14. The van der Waals surface area contributed by atoms with Gasteiger partial charge >= 0.3 is 0 Å². The fourth-order valence-corrected chi connectivity index (χ4v) is 4.24. The van der Waals surface area contributed by atoms with E-state index >= 15 is 0 Å². The minimum absolute atomic E-state index is 0.192. The second-order valence-corrected chi connectivity index (χ2v) is 10.4. The first-order chi connectivity index (χ1) is 13.0. The van der Waals surface area contributed by atoms with Gasteiger partial charge in [-0.3, -0.25) is 0 Å². The second-order valence-electron chi connectivity index (χ2n) is 5.85. The van der Waals surface area contributed by atoms with Gasteiger partial charge in [0.05, 0.1) is 14.2 Å². The third-order valence-electron chi connectivity index (χ3n) is 3.65. The van der Waals surface area contributed by atoms with E-state index in [2.05, 4.69) is 15.9 Å². The van der Waals surface area contributed by atoms with E-state index in [1.807, 2.05) is 0 Å². The Morgan fingerprint density at radius 1 is 0.821 bits per heavy atom. The minimum Gasteiger partial charge on any atom is -0.495 e. The second kappa shape index (κ2) is 10.2. The molecule has 0 saturated heterocycles. The Kier molecular flexibility index (Phi) is 8.93. The molecule has 0 spiro atoms. The van der Waals surface area contributed by atoms with E-state index in [1.54, 1.807) is 30.3 Å². The molecule has 2 aromatic rings. The normalized spacial score (nSPS) is 11.4. The van der Waals surface area contributed by atoms with Crippen LogP contribution in [-0.4, -0.2) is 43.6 Å². The molecule has 0 radical (unpaired) electrons. The number of ether oxygens (including phenoxy) is 2. The molecule has 0 saturated carbocycles. The van der Waals surface area contributed by atoms with Gasteiger partial charge in [0.1, 0.15) is 21.3 Å². The summed E-state index contributed by atoms with van der Waals surface area (Å²) in [5.41, 5.74) is 7.25. The standard InChI is InChI=1S/C9H11BrO3S.C9H13NO3S/c2*1-13-8-5-7(6-10)3-4-9(8)14(2,11)12/h3-5H,6H2,1-2H3;3-5H,6,10H2,1-2H3. The number of methoxy groups -OCH3 is 2. The van der Waals surface area contributed by atoms with Gasteiger partial charge in [0, 0.05) is 24.4 Å². The molecule has 7 nitrogen and oxygen atoms in total. The van der Waals surface area contributed by atoms with Crippen molar-refractivity contribution >= 4 is 35.6 Å². The number of halogens is 1. The molecule has 0 atom stereocenters. The molecule has 10 heteroatoms. The Bertz CT molecular complexity index is 937. The molecule has 2 rings (SSSR count). The SMILES string of the molecule is COc1cc(CBr)ccc1S(C)(=O)=O.COc1cc(CN)ccc1S(C)(=O)=O. The van der Waals surface area contributed by atoms with Gasteiger partial charge in [0.15, 0.2) is 19.7 Å². The number of benzene rings is 2. The lowest BCUT2D eigenvalue weighted by molar-refractivity contribution is 0.402. The van der Waals surface area contributed by atoms with Crippen molar-refractivity contribution in [2.45, 2.75) is 21.7 Å². The van der Waals surface area contributed by atoms with E-state index in [4.69, 9.17) is 15.2 Å². The number of sulfone groups is 2. The third kappa shape index (κ3) is 6.77. The highest BCUT2D eigenvalue weighted by molar-refractivity contribution is 9.08. The Morgan fingerprint density at radius 3 is 1.54 bits per heavy atom. The lowest BCUT2D eigenvalue weighted by Crippen LogP contribution is -2.03. The van der Waals surface area contributed by atoms with Gasteiger partial charge in [-0.1, -0.05) is 28.1 Å². The molecule has 0 aliphatic rings. The van der Waals surface area contributed by atoms with Gasteiger partial charge in [-0.25, -0.2) is 16.8 Å².